The van der Waals surface area contributed by atoms with E-state index in [2.05, 4.69) is 16.0 Å². The van der Waals surface area contributed by atoms with E-state index < -0.39 is 35.5 Å². The smallest absolute Gasteiger partial charge is 0.416 e. The maximum atomic E-state index is 13.2. The van der Waals surface area contributed by atoms with Crippen LogP contribution < -0.4 is 20.7 Å². The molecule has 0 saturated carbocycles. The molecule has 0 heterocycles. The highest BCUT2D eigenvalue weighted by molar-refractivity contribution is 6.04. The van der Waals surface area contributed by atoms with E-state index in [1.165, 1.54) is 19.1 Å². The third-order valence-electron chi connectivity index (χ3n) is 4.58. The molecule has 7 nitrogen and oxygen atoms in total. The lowest BCUT2D eigenvalue weighted by molar-refractivity contribution is -0.137. The van der Waals surface area contributed by atoms with Gasteiger partial charge in [-0.1, -0.05) is 13.8 Å². The zero-order valence-electron chi connectivity index (χ0n) is 18.7. The number of carbonyl (C=O) groups excluding carboxylic acids is 3. The van der Waals surface area contributed by atoms with Crippen LogP contribution in [0.1, 0.15) is 43.6 Å². The summed E-state index contributed by atoms with van der Waals surface area (Å²) in [6.45, 7) is 6.86. The summed E-state index contributed by atoms with van der Waals surface area (Å²) in [6, 6.07) is 7.85. The third-order valence-corrected chi connectivity index (χ3v) is 4.58. The number of alkyl halides is 3. The number of halogens is 3. The number of amides is 3. The van der Waals surface area contributed by atoms with Gasteiger partial charge in [0.25, 0.3) is 5.91 Å². The first-order valence-corrected chi connectivity index (χ1v) is 10.3. The monoisotopic (exact) mass is 465 g/mol. The lowest BCUT2D eigenvalue weighted by Gasteiger charge is -2.23. The van der Waals surface area contributed by atoms with Crippen LogP contribution in [0.3, 0.4) is 0 Å². The van der Waals surface area contributed by atoms with Gasteiger partial charge in [0.05, 0.1) is 23.5 Å². The van der Waals surface area contributed by atoms with E-state index in [9.17, 15) is 27.6 Å². The van der Waals surface area contributed by atoms with Gasteiger partial charge in [-0.05, 0) is 55.3 Å². The van der Waals surface area contributed by atoms with E-state index in [-0.39, 0.29) is 22.9 Å². The van der Waals surface area contributed by atoms with Crippen molar-refractivity contribution < 1.29 is 32.3 Å². The molecule has 3 amide bonds. The van der Waals surface area contributed by atoms with Crippen molar-refractivity contribution in [1.82, 2.24) is 5.32 Å². The van der Waals surface area contributed by atoms with Gasteiger partial charge >= 0.3 is 6.18 Å². The zero-order valence-corrected chi connectivity index (χ0v) is 18.7. The molecule has 2 aromatic rings. The Morgan fingerprint density at radius 2 is 1.61 bits per heavy atom. The van der Waals surface area contributed by atoms with Crippen molar-refractivity contribution in [3.8, 4) is 5.75 Å². The third kappa shape index (κ3) is 7.23. The summed E-state index contributed by atoms with van der Waals surface area (Å²) in [4.78, 5) is 37.0. The number of carbonyl (C=O) groups is 3. The van der Waals surface area contributed by atoms with E-state index in [4.69, 9.17) is 4.74 Å². The molecule has 1 unspecified atom stereocenters. The standard InChI is InChI=1S/C23H26F3N3O4/c1-5-33-17-9-6-15(7-10-17)21(31)29-20(13(2)3)22(32)28-19-12-16(23(24,25)26)8-11-18(19)27-14(4)30/h6-13,20H,5H2,1-4H3,(H,27,30)(H,28,32)(H,29,31). The van der Waals surface area contributed by atoms with Crippen molar-refractivity contribution in [3.05, 3.63) is 53.6 Å². The Morgan fingerprint density at radius 1 is 0.970 bits per heavy atom. The van der Waals surface area contributed by atoms with Crippen LogP contribution in [0.4, 0.5) is 24.5 Å². The zero-order chi connectivity index (χ0) is 24.8. The Kier molecular flexibility index (Phi) is 8.44. The normalized spacial score (nSPS) is 12.1. The summed E-state index contributed by atoms with van der Waals surface area (Å²) in [5.74, 6) is -1.57. The van der Waals surface area contributed by atoms with Crippen molar-refractivity contribution in [3.63, 3.8) is 0 Å². The molecule has 1 atom stereocenters. The minimum atomic E-state index is -4.65. The number of rotatable bonds is 8. The van der Waals surface area contributed by atoms with Crippen LogP contribution in [-0.4, -0.2) is 30.4 Å². The molecule has 2 aromatic carbocycles. The van der Waals surface area contributed by atoms with Crippen molar-refractivity contribution in [2.45, 2.75) is 39.9 Å². The van der Waals surface area contributed by atoms with Crippen molar-refractivity contribution in [1.29, 1.82) is 0 Å². The molecular weight excluding hydrogens is 439 g/mol. The van der Waals surface area contributed by atoms with E-state index >= 15 is 0 Å². The predicted molar refractivity (Wildman–Crippen MR) is 118 cm³/mol. The molecule has 0 aliphatic heterocycles. The molecule has 10 heteroatoms. The largest absolute Gasteiger partial charge is 0.494 e. The highest BCUT2D eigenvalue weighted by atomic mass is 19.4. The first kappa shape index (κ1) is 25.7. The van der Waals surface area contributed by atoms with Crippen LogP contribution in [0.2, 0.25) is 0 Å². The fourth-order valence-electron chi connectivity index (χ4n) is 2.96. The molecule has 0 radical (unpaired) electrons. The predicted octanol–water partition coefficient (Wildman–Crippen LogP) is 4.46. The molecule has 0 aromatic heterocycles. The van der Waals surface area contributed by atoms with Crippen LogP contribution in [0.15, 0.2) is 42.5 Å². The quantitative estimate of drug-likeness (QED) is 0.537. The molecule has 3 N–H and O–H groups in total. The number of nitrogens with one attached hydrogen (secondary N) is 3. The Hall–Kier alpha value is -3.56. The van der Waals surface area contributed by atoms with Gasteiger partial charge in [-0.15, -0.1) is 0 Å². The first-order valence-electron chi connectivity index (χ1n) is 10.3. The first-order chi connectivity index (χ1) is 15.4. The maximum absolute atomic E-state index is 13.2. The lowest BCUT2D eigenvalue weighted by Crippen LogP contribution is -2.47. The van der Waals surface area contributed by atoms with Gasteiger partial charge in [0, 0.05) is 12.5 Å². The van der Waals surface area contributed by atoms with Gasteiger partial charge in [-0.2, -0.15) is 13.2 Å². The summed E-state index contributed by atoms with van der Waals surface area (Å²) in [6.07, 6.45) is -4.65. The number of ether oxygens (including phenoxy) is 1. The lowest BCUT2D eigenvalue weighted by atomic mass is 10.0. The molecule has 2 rings (SSSR count). The average molecular weight is 465 g/mol. The van der Waals surface area contributed by atoms with Crippen LogP contribution in [0.5, 0.6) is 5.75 Å². The molecule has 0 saturated heterocycles. The second-order valence-corrected chi connectivity index (χ2v) is 7.58. The van der Waals surface area contributed by atoms with Crippen LogP contribution in [0, 0.1) is 5.92 Å². The fraction of sp³-hybridized carbons (Fsp3) is 0.348. The van der Waals surface area contributed by atoms with E-state index in [0.29, 0.717) is 12.4 Å². The minimum Gasteiger partial charge on any atom is -0.494 e. The molecular formula is C23H26F3N3O4. The summed E-state index contributed by atoms with van der Waals surface area (Å²) in [5.41, 5.74) is -0.934. The van der Waals surface area contributed by atoms with Crippen molar-refractivity contribution >= 4 is 29.1 Å². The van der Waals surface area contributed by atoms with Gasteiger partial charge in [-0.25, -0.2) is 0 Å². The highest BCUT2D eigenvalue weighted by Gasteiger charge is 2.32. The second kappa shape index (κ2) is 10.8. The molecule has 0 bridgehead atoms. The van der Waals surface area contributed by atoms with Gasteiger partial charge in [0.15, 0.2) is 0 Å². The topological polar surface area (TPSA) is 96.5 Å². The van der Waals surface area contributed by atoms with E-state index in [1.807, 2.05) is 6.92 Å². The molecule has 178 valence electrons. The fourth-order valence-corrected chi connectivity index (χ4v) is 2.96. The molecule has 0 spiro atoms. The van der Waals surface area contributed by atoms with Crippen LogP contribution >= 0.6 is 0 Å². The molecule has 0 aliphatic carbocycles. The van der Waals surface area contributed by atoms with Gasteiger partial charge in [0.2, 0.25) is 11.8 Å². The SMILES string of the molecule is CCOc1ccc(C(=O)NC(C(=O)Nc2cc(C(F)(F)F)ccc2NC(C)=O)C(C)C)cc1. The molecule has 33 heavy (non-hydrogen) atoms. The average Bonchev–Trinajstić information content (AvgIpc) is 2.72. The number of hydrogen-bond acceptors (Lipinski definition) is 4. The van der Waals surface area contributed by atoms with Gasteiger partial charge in [0.1, 0.15) is 11.8 Å². The van der Waals surface area contributed by atoms with Crippen LogP contribution in [0.25, 0.3) is 0 Å². The summed E-state index contributed by atoms with van der Waals surface area (Å²) < 4.78 is 44.8. The van der Waals surface area contributed by atoms with Crippen molar-refractivity contribution in [2.75, 3.05) is 17.2 Å². The Bertz CT molecular complexity index is 1010. The maximum Gasteiger partial charge on any atom is 0.416 e. The number of hydrogen-bond donors (Lipinski definition) is 3. The van der Waals surface area contributed by atoms with Crippen molar-refractivity contribution in [2.24, 2.45) is 5.92 Å². The summed E-state index contributed by atoms with van der Waals surface area (Å²) in [7, 11) is 0. The van der Waals surface area contributed by atoms with E-state index in [0.717, 1.165) is 18.2 Å². The summed E-state index contributed by atoms with van der Waals surface area (Å²) >= 11 is 0. The van der Waals surface area contributed by atoms with Gasteiger partial charge in [-0.3, -0.25) is 14.4 Å². The van der Waals surface area contributed by atoms with Crippen LogP contribution in [-0.2, 0) is 15.8 Å². The second-order valence-electron chi connectivity index (χ2n) is 7.58. The molecule has 0 aliphatic rings. The highest BCUT2D eigenvalue weighted by Crippen LogP contribution is 2.34. The Morgan fingerprint density at radius 3 is 2.12 bits per heavy atom. The Balaban J connectivity index is 2.25. The van der Waals surface area contributed by atoms with Gasteiger partial charge < -0.3 is 20.7 Å². The number of benzene rings is 2. The Labute approximate surface area is 189 Å². The minimum absolute atomic E-state index is 0.00388. The molecule has 0 fully saturated rings. The van der Waals surface area contributed by atoms with E-state index in [1.54, 1.807) is 26.0 Å². The number of anilines is 2. The summed E-state index contributed by atoms with van der Waals surface area (Å²) in [5, 5.41) is 7.40.